The van der Waals surface area contributed by atoms with Crippen LogP contribution in [0.2, 0.25) is 0 Å². The molecule has 0 atom stereocenters. The van der Waals surface area contributed by atoms with Crippen molar-refractivity contribution in [3.8, 4) is 0 Å². The van der Waals surface area contributed by atoms with Crippen LogP contribution in [-0.2, 0) is 19.3 Å². The fourth-order valence-corrected chi connectivity index (χ4v) is 3.91. The molecule has 0 unspecified atom stereocenters. The Morgan fingerprint density at radius 1 is 0.964 bits per heavy atom. The Kier molecular flexibility index (Phi) is 5.10. The van der Waals surface area contributed by atoms with E-state index in [1.54, 1.807) is 36.4 Å². The molecule has 4 rings (SSSR count). The molecule has 28 heavy (non-hydrogen) atoms. The number of alkyl halides is 3. The lowest BCUT2D eigenvalue weighted by atomic mass is 9.96. The summed E-state index contributed by atoms with van der Waals surface area (Å²) < 4.78 is 54.7. The normalized spacial score (nSPS) is 16.7. The van der Waals surface area contributed by atoms with Crippen molar-refractivity contribution in [2.45, 2.75) is 32.1 Å². The predicted molar refractivity (Wildman–Crippen MR) is 99.1 cm³/mol. The van der Waals surface area contributed by atoms with Crippen LogP contribution in [0.1, 0.15) is 24.2 Å². The maximum Gasteiger partial charge on any atom is 0.449 e. The van der Waals surface area contributed by atoms with Crippen LogP contribution in [0.25, 0.3) is 11.0 Å². The zero-order valence-corrected chi connectivity index (χ0v) is 15.3. The van der Waals surface area contributed by atoms with Crippen molar-refractivity contribution >= 4 is 11.0 Å². The molecular weight excluding hydrogens is 370 g/mol. The summed E-state index contributed by atoms with van der Waals surface area (Å²) in [6.45, 7) is 2.68. The fourth-order valence-electron chi connectivity index (χ4n) is 3.91. The molecule has 1 aromatic heterocycles. The second-order valence-electron chi connectivity index (χ2n) is 7.38. The van der Waals surface area contributed by atoms with Crippen molar-refractivity contribution in [1.82, 2.24) is 14.5 Å². The van der Waals surface area contributed by atoms with Crippen LogP contribution in [0.5, 0.6) is 0 Å². The predicted octanol–water partition coefficient (Wildman–Crippen LogP) is 5.11. The van der Waals surface area contributed by atoms with Gasteiger partial charge in [0.15, 0.2) is 0 Å². The van der Waals surface area contributed by atoms with Crippen molar-refractivity contribution in [2.75, 3.05) is 13.1 Å². The molecular formula is C21H21F4N3. The Morgan fingerprint density at radius 3 is 2.32 bits per heavy atom. The number of fused-ring (bicyclic) bond motifs is 1. The third-order valence-corrected chi connectivity index (χ3v) is 5.38. The van der Waals surface area contributed by atoms with Gasteiger partial charge in [-0.25, -0.2) is 9.37 Å². The molecule has 2 heterocycles. The number of hydrogen-bond donors (Lipinski definition) is 0. The van der Waals surface area contributed by atoms with Crippen molar-refractivity contribution in [2.24, 2.45) is 5.92 Å². The number of rotatable bonds is 4. The van der Waals surface area contributed by atoms with Crippen molar-refractivity contribution in [3.05, 3.63) is 65.7 Å². The van der Waals surface area contributed by atoms with Gasteiger partial charge in [0.1, 0.15) is 5.82 Å². The van der Waals surface area contributed by atoms with Gasteiger partial charge in [0.05, 0.1) is 11.0 Å². The zero-order chi connectivity index (χ0) is 19.7. The highest BCUT2D eigenvalue weighted by Gasteiger charge is 2.38. The first-order valence-electron chi connectivity index (χ1n) is 9.39. The molecule has 3 aromatic rings. The lowest BCUT2D eigenvalue weighted by Crippen LogP contribution is -2.35. The molecule has 0 N–H and O–H groups in total. The molecule has 2 aromatic carbocycles. The maximum atomic E-state index is 13.5. The Balaban J connectivity index is 1.44. The van der Waals surface area contributed by atoms with E-state index < -0.39 is 12.0 Å². The van der Waals surface area contributed by atoms with Crippen LogP contribution >= 0.6 is 0 Å². The number of imidazole rings is 1. The summed E-state index contributed by atoms with van der Waals surface area (Å²) in [6.07, 6.45) is -2.82. The molecule has 0 radical (unpaired) electrons. The monoisotopic (exact) mass is 391 g/mol. The minimum atomic E-state index is -4.47. The van der Waals surface area contributed by atoms with Crippen LogP contribution in [0.3, 0.4) is 0 Å². The molecule has 7 heteroatoms. The molecule has 0 aliphatic carbocycles. The molecule has 1 saturated heterocycles. The molecule has 3 nitrogen and oxygen atoms in total. The lowest BCUT2D eigenvalue weighted by molar-refractivity contribution is -0.147. The van der Waals surface area contributed by atoms with Gasteiger partial charge >= 0.3 is 6.18 Å². The topological polar surface area (TPSA) is 21.1 Å². The summed E-state index contributed by atoms with van der Waals surface area (Å²) in [7, 11) is 0. The van der Waals surface area contributed by atoms with Crippen molar-refractivity contribution < 1.29 is 17.6 Å². The standard InChI is InChI=1S/C21H21F4N3/c22-17-7-5-15(6-8-17)13-27-11-9-16(10-12-27)14-28-19-4-2-1-3-18(19)26-20(28)21(23,24)25/h1-8,16H,9-14H2. The summed E-state index contributed by atoms with van der Waals surface area (Å²) in [4.78, 5) is 6.09. The van der Waals surface area contributed by atoms with E-state index in [9.17, 15) is 17.6 Å². The highest BCUT2D eigenvalue weighted by atomic mass is 19.4. The second-order valence-corrected chi connectivity index (χ2v) is 7.38. The van der Waals surface area contributed by atoms with E-state index in [2.05, 4.69) is 9.88 Å². The van der Waals surface area contributed by atoms with E-state index >= 15 is 0 Å². The summed E-state index contributed by atoms with van der Waals surface area (Å²) >= 11 is 0. The molecule has 148 valence electrons. The summed E-state index contributed by atoms with van der Waals surface area (Å²) in [5, 5.41) is 0. The zero-order valence-electron chi connectivity index (χ0n) is 15.3. The second kappa shape index (κ2) is 7.54. The Labute approximate surface area is 160 Å². The van der Waals surface area contributed by atoms with Gasteiger partial charge in [-0.15, -0.1) is 0 Å². The van der Waals surface area contributed by atoms with Gasteiger partial charge in [-0.2, -0.15) is 13.2 Å². The molecule has 1 aliphatic heterocycles. The Morgan fingerprint density at radius 2 is 1.64 bits per heavy atom. The number of piperidine rings is 1. The van der Waals surface area contributed by atoms with Crippen LogP contribution in [0, 0.1) is 11.7 Å². The number of nitrogens with zero attached hydrogens (tertiary/aromatic N) is 3. The van der Waals surface area contributed by atoms with E-state index in [1.807, 2.05) is 0 Å². The van der Waals surface area contributed by atoms with Crippen molar-refractivity contribution in [1.29, 1.82) is 0 Å². The smallest absolute Gasteiger partial charge is 0.320 e. The summed E-state index contributed by atoms with van der Waals surface area (Å²) in [5.41, 5.74) is 1.95. The maximum absolute atomic E-state index is 13.5. The van der Waals surface area contributed by atoms with Crippen LogP contribution < -0.4 is 0 Å². The highest BCUT2D eigenvalue weighted by molar-refractivity contribution is 5.76. The molecule has 0 amide bonds. The summed E-state index contributed by atoms with van der Waals surface area (Å²) in [5.74, 6) is -0.902. The number of likely N-dealkylation sites (tertiary alicyclic amines) is 1. The number of halogens is 4. The first-order valence-corrected chi connectivity index (χ1v) is 9.39. The van der Waals surface area contributed by atoms with Gasteiger partial charge in [-0.1, -0.05) is 24.3 Å². The first kappa shape index (κ1) is 18.9. The third kappa shape index (κ3) is 4.04. The molecule has 1 aliphatic rings. The number of hydrogen-bond acceptors (Lipinski definition) is 2. The van der Waals surface area contributed by atoms with Gasteiger partial charge in [-0.05, 0) is 61.7 Å². The minimum Gasteiger partial charge on any atom is -0.320 e. The van der Waals surface area contributed by atoms with Gasteiger partial charge in [0.25, 0.3) is 0 Å². The highest BCUT2D eigenvalue weighted by Crippen LogP contribution is 2.33. The molecule has 0 bridgehead atoms. The molecule has 0 saturated carbocycles. The van der Waals surface area contributed by atoms with Gasteiger partial charge in [0, 0.05) is 13.1 Å². The summed E-state index contributed by atoms with van der Waals surface area (Å²) in [6, 6.07) is 13.2. The average Bonchev–Trinajstić information content (AvgIpc) is 3.04. The number of aromatic nitrogens is 2. The van der Waals surface area contributed by atoms with Gasteiger partial charge in [0.2, 0.25) is 5.82 Å². The van der Waals surface area contributed by atoms with Crippen LogP contribution in [-0.4, -0.2) is 27.5 Å². The number of para-hydroxylation sites is 2. The molecule has 1 fully saturated rings. The van der Waals surface area contributed by atoms with Crippen molar-refractivity contribution in [3.63, 3.8) is 0 Å². The van der Waals surface area contributed by atoms with E-state index in [4.69, 9.17) is 0 Å². The Bertz CT molecular complexity index is 938. The largest absolute Gasteiger partial charge is 0.449 e. The van der Waals surface area contributed by atoms with Crippen LogP contribution in [0.4, 0.5) is 17.6 Å². The third-order valence-electron chi connectivity index (χ3n) is 5.38. The average molecular weight is 391 g/mol. The van der Waals surface area contributed by atoms with Gasteiger partial charge < -0.3 is 4.57 Å². The Hall–Kier alpha value is -2.41. The van der Waals surface area contributed by atoms with E-state index in [0.717, 1.165) is 38.0 Å². The minimum absolute atomic E-state index is 0.170. The first-order chi connectivity index (χ1) is 13.4. The lowest BCUT2D eigenvalue weighted by Gasteiger charge is -2.32. The quantitative estimate of drug-likeness (QED) is 0.577. The van der Waals surface area contributed by atoms with E-state index in [0.29, 0.717) is 17.6 Å². The van der Waals surface area contributed by atoms with Gasteiger partial charge in [-0.3, -0.25) is 4.90 Å². The fraction of sp³-hybridized carbons (Fsp3) is 0.381. The number of benzene rings is 2. The van der Waals surface area contributed by atoms with Crippen LogP contribution in [0.15, 0.2) is 48.5 Å². The van der Waals surface area contributed by atoms with E-state index in [1.165, 1.54) is 16.7 Å². The SMILES string of the molecule is Fc1ccc(CN2CCC(Cn3c(C(F)(F)F)nc4ccccc43)CC2)cc1. The molecule has 0 spiro atoms. The van der Waals surface area contributed by atoms with E-state index in [-0.39, 0.29) is 11.7 Å².